The van der Waals surface area contributed by atoms with Crippen molar-refractivity contribution in [3.05, 3.63) is 0 Å². The second-order valence-electron chi connectivity index (χ2n) is 5.37. The first-order chi connectivity index (χ1) is 10.5. The van der Waals surface area contributed by atoms with Crippen molar-refractivity contribution in [2.24, 2.45) is 0 Å². The number of nitrogens with zero attached hydrogens (tertiary/aromatic N) is 2. The minimum absolute atomic E-state index is 0.149. The summed E-state index contributed by atoms with van der Waals surface area (Å²) in [5, 5.41) is 0. The molecule has 0 aliphatic carbocycles. The van der Waals surface area contributed by atoms with Crippen molar-refractivity contribution in [1.82, 2.24) is 9.80 Å². The van der Waals surface area contributed by atoms with Gasteiger partial charge in [-0.2, -0.15) is 0 Å². The van der Waals surface area contributed by atoms with Gasteiger partial charge in [-0.05, 0) is 27.2 Å². The molecule has 0 aromatic heterocycles. The maximum atomic E-state index is 11.5. The van der Waals surface area contributed by atoms with E-state index >= 15 is 0 Å². The van der Waals surface area contributed by atoms with Crippen LogP contribution in [0.4, 0.5) is 0 Å². The van der Waals surface area contributed by atoms with Crippen molar-refractivity contribution in [2.45, 2.75) is 46.7 Å². The van der Waals surface area contributed by atoms with E-state index in [1.807, 2.05) is 25.7 Å². The maximum Gasteiger partial charge on any atom is 0.519 e. The van der Waals surface area contributed by atoms with E-state index in [4.69, 9.17) is 13.3 Å². The third kappa shape index (κ3) is 4.76. The standard InChI is InChI=1S/C15H32N2O4Si/c1-6-15(17-12-10-16(11-13-17)14(5)18)22(19-7-2,20-8-3)21-9-4/h15H,6-13H2,1-5H3. The first-order valence-corrected chi connectivity index (χ1v) is 10.3. The molecule has 0 bridgehead atoms. The highest BCUT2D eigenvalue weighted by molar-refractivity contribution is 6.62. The molecule has 1 saturated heterocycles. The SMILES string of the molecule is CCO[Si](OCC)(OCC)C(CC)N1CCN(C(C)=O)CC1. The normalized spacial score (nSPS) is 18.5. The van der Waals surface area contributed by atoms with Gasteiger partial charge in [0, 0.05) is 52.9 Å². The fourth-order valence-electron chi connectivity index (χ4n) is 3.10. The highest BCUT2D eigenvalue weighted by Gasteiger charge is 2.51. The number of amides is 1. The van der Waals surface area contributed by atoms with Gasteiger partial charge in [0.1, 0.15) is 0 Å². The molecular formula is C15H32N2O4Si. The molecule has 1 unspecified atom stereocenters. The van der Waals surface area contributed by atoms with Crippen LogP contribution in [-0.4, -0.2) is 76.2 Å². The van der Waals surface area contributed by atoms with Gasteiger partial charge in [0.15, 0.2) is 0 Å². The lowest BCUT2D eigenvalue weighted by atomic mass is 10.3. The average molecular weight is 333 g/mol. The third-order valence-corrected chi connectivity index (χ3v) is 7.69. The van der Waals surface area contributed by atoms with Crippen LogP contribution in [0.15, 0.2) is 0 Å². The van der Waals surface area contributed by atoms with Crippen molar-refractivity contribution in [1.29, 1.82) is 0 Å². The minimum atomic E-state index is -2.74. The van der Waals surface area contributed by atoms with Crippen molar-refractivity contribution in [3.63, 3.8) is 0 Å². The summed E-state index contributed by atoms with van der Waals surface area (Å²) in [5.74, 6) is 0.149. The van der Waals surface area contributed by atoms with E-state index in [9.17, 15) is 4.79 Å². The zero-order chi connectivity index (χ0) is 16.6. The predicted octanol–water partition coefficient (Wildman–Crippen LogP) is 1.52. The molecule has 0 radical (unpaired) electrons. The molecule has 0 N–H and O–H groups in total. The second-order valence-corrected chi connectivity index (χ2v) is 8.11. The minimum Gasteiger partial charge on any atom is -0.373 e. The Morgan fingerprint density at radius 2 is 1.41 bits per heavy atom. The van der Waals surface area contributed by atoms with Gasteiger partial charge >= 0.3 is 8.80 Å². The Morgan fingerprint density at radius 1 is 0.955 bits per heavy atom. The van der Waals surface area contributed by atoms with Crippen LogP contribution in [0.25, 0.3) is 0 Å². The topological polar surface area (TPSA) is 51.2 Å². The monoisotopic (exact) mass is 332 g/mol. The summed E-state index contributed by atoms with van der Waals surface area (Å²) in [6.45, 7) is 14.7. The molecule has 1 fully saturated rings. The molecule has 0 spiro atoms. The Balaban J connectivity index is 2.86. The Morgan fingerprint density at radius 3 is 1.73 bits per heavy atom. The first-order valence-electron chi connectivity index (χ1n) is 8.45. The lowest BCUT2D eigenvalue weighted by Gasteiger charge is -2.44. The zero-order valence-electron chi connectivity index (χ0n) is 14.8. The molecule has 6 nitrogen and oxygen atoms in total. The number of rotatable bonds is 9. The lowest BCUT2D eigenvalue weighted by Crippen LogP contribution is -2.65. The lowest BCUT2D eigenvalue weighted by molar-refractivity contribution is -0.130. The molecule has 0 saturated carbocycles. The Kier molecular flexibility index (Phi) is 8.56. The van der Waals surface area contributed by atoms with E-state index in [2.05, 4.69) is 11.8 Å². The third-order valence-electron chi connectivity index (χ3n) is 4.03. The van der Waals surface area contributed by atoms with E-state index in [0.29, 0.717) is 19.8 Å². The number of hydrogen-bond acceptors (Lipinski definition) is 5. The van der Waals surface area contributed by atoms with Crippen LogP contribution >= 0.6 is 0 Å². The van der Waals surface area contributed by atoms with Crippen LogP contribution in [-0.2, 0) is 18.1 Å². The van der Waals surface area contributed by atoms with E-state index in [1.54, 1.807) is 6.92 Å². The number of carbonyl (C=O) groups excluding carboxylic acids is 1. The smallest absolute Gasteiger partial charge is 0.373 e. The van der Waals surface area contributed by atoms with E-state index in [0.717, 1.165) is 32.6 Å². The molecule has 1 heterocycles. The maximum absolute atomic E-state index is 11.5. The van der Waals surface area contributed by atoms with Gasteiger partial charge in [0.2, 0.25) is 5.91 Å². The molecular weight excluding hydrogens is 300 g/mol. The molecule has 7 heteroatoms. The van der Waals surface area contributed by atoms with Crippen molar-refractivity contribution < 1.29 is 18.1 Å². The predicted molar refractivity (Wildman–Crippen MR) is 88.5 cm³/mol. The van der Waals surface area contributed by atoms with Crippen LogP contribution < -0.4 is 0 Å². The summed E-state index contributed by atoms with van der Waals surface area (Å²) < 4.78 is 18.2. The fourth-order valence-corrected chi connectivity index (χ4v) is 6.34. The molecule has 1 rings (SSSR count). The van der Waals surface area contributed by atoms with Gasteiger partial charge in [-0.3, -0.25) is 9.69 Å². The Labute approximate surface area is 136 Å². The molecule has 0 aromatic carbocycles. The highest BCUT2D eigenvalue weighted by Crippen LogP contribution is 2.24. The summed E-state index contributed by atoms with van der Waals surface area (Å²) in [5.41, 5.74) is 0.154. The van der Waals surface area contributed by atoms with Gasteiger partial charge in [-0.15, -0.1) is 0 Å². The van der Waals surface area contributed by atoms with Crippen molar-refractivity contribution >= 4 is 14.7 Å². The summed E-state index contributed by atoms with van der Waals surface area (Å²) in [4.78, 5) is 15.8. The van der Waals surface area contributed by atoms with E-state index in [-0.39, 0.29) is 11.6 Å². The van der Waals surface area contributed by atoms with Gasteiger partial charge in [0.25, 0.3) is 0 Å². The van der Waals surface area contributed by atoms with Crippen molar-refractivity contribution in [2.75, 3.05) is 46.0 Å². The molecule has 22 heavy (non-hydrogen) atoms. The van der Waals surface area contributed by atoms with E-state index in [1.165, 1.54) is 0 Å². The van der Waals surface area contributed by atoms with E-state index < -0.39 is 8.80 Å². The van der Waals surface area contributed by atoms with Crippen LogP contribution in [0.1, 0.15) is 41.0 Å². The fraction of sp³-hybridized carbons (Fsp3) is 0.933. The van der Waals surface area contributed by atoms with Crippen LogP contribution in [0.2, 0.25) is 0 Å². The Bertz CT molecular complexity index is 318. The van der Waals surface area contributed by atoms with Gasteiger partial charge in [-0.25, -0.2) is 0 Å². The number of carbonyl (C=O) groups is 1. The second kappa shape index (κ2) is 9.62. The largest absolute Gasteiger partial charge is 0.519 e. The van der Waals surface area contributed by atoms with Gasteiger partial charge < -0.3 is 18.2 Å². The molecule has 130 valence electrons. The quantitative estimate of drug-likeness (QED) is 0.599. The molecule has 1 aliphatic heterocycles. The summed E-state index contributed by atoms with van der Waals surface area (Å²) in [7, 11) is -2.74. The van der Waals surface area contributed by atoms with Gasteiger partial charge in [0.05, 0.1) is 5.67 Å². The number of piperazine rings is 1. The average Bonchev–Trinajstić information content (AvgIpc) is 2.49. The number of hydrogen-bond donors (Lipinski definition) is 0. The van der Waals surface area contributed by atoms with Crippen LogP contribution in [0.3, 0.4) is 0 Å². The summed E-state index contributed by atoms with van der Waals surface area (Å²) in [6, 6.07) is 0. The summed E-state index contributed by atoms with van der Waals surface area (Å²) >= 11 is 0. The first kappa shape index (κ1) is 19.6. The zero-order valence-corrected chi connectivity index (χ0v) is 15.8. The molecule has 0 aromatic rings. The van der Waals surface area contributed by atoms with Crippen LogP contribution in [0, 0.1) is 0 Å². The molecule has 1 atom stereocenters. The highest BCUT2D eigenvalue weighted by atomic mass is 28.4. The molecule has 1 aliphatic rings. The summed E-state index contributed by atoms with van der Waals surface area (Å²) in [6.07, 6.45) is 0.923. The Hall–Kier alpha value is -0.473. The molecule has 1 amide bonds. The van der Waals surface area contributed by atoms with Crippen molar-refractivity contribution in [3.8, 4) is 0 Å². The van der Waals surface area contributed by atoms with Crippen LogP contribution in [0.5, 0.6) is 0 Å². The van der Waals surface area contributed by atoms with Gasteiger partial charge in [-0.1, -0.05) is 6.92 Å².